The third-order valence-corrected chi connectivity index (χ3v) is 6.38. The van der Waals surface area contributed by atoms with Gasteiger partial charge in [0.05, 0.1) is 35.9 Å². The SMILES string of the molecule is COc1ccc(F)cc1C(=O)CSc1nnc2n(Cc3ccccc3)c(=O)c3ccccc3n12. The zero-order valence-corrected chi connectivity index (χ0v) is 19.0. The van der Waals surface area contributed by atoms with Crippen LogP contribution in [0.25, 0.3) is 16.7 Å². The highest BCUT2D eigenvalue weighted by atomic mass is 32.2. The number of fused-ring (bicyclic) bond motifs is 3. The molecule has 0 N–H and O–H groups in total. The minimum absolute atomic E-state index is 0.00720. The highest BCUT2D eigenvalue weighted by molar-refractivity contribution is 7.99. The van der Waals surface area contributed by atoms with Crippen molar-refractivity contribution >= 4 is 34.2 Å². The molecule has 3 aromatic carbocycles. The average molecular weight is 475 g/mol. The molecule has 7 nitrogen and oxygen atoms in total. The van der Waals surface area contributed by atoms with Crippen molar-refractivity contribution in [2.24, 2.45) is 0 Å². The van der Waals surface area contributed by atoms with Crippen LogP contribution in [-0.4, -0.2) is 37.8 Å². The molecule has 34 heavy (non-hydrogen) atoms. The number of rotatable bonds is 7. The van der Waals surface area contributed by atoms with Crippen LogP contribution in [-0.2, 0) is 6.54 Å². The van der Waals surface area contributed by atoms with Crippen LogP contribution in [0, 0.1) is 5.82 Å². The van der Waals surface area contributed by atoms with Crippen LogP contribution in [0.3, 0.4) is 0 Å². The van der Waals surface area contributed by atoms with Crippen LogP contribution in [0.15, 0.2) is 82.7 Å². The van der Waals surface area contributed by atoms with E-state index in [0.29, 0.717) is 34.1 Å². The Morgan fingerprint density at radius 1 is 1.03 bits per heavy atom. The molecule has 0 bridgehead atoms. The van der Waals surface area contributed by atoms with Crippen molar-refractivity contribution in [2.75, 3.05) is 12.9 Å². The standard InChI is InChI=1S/C25H19FN4O3S/c1-33-22-12-11-17(26)13-19(22)21(31)15-34-25-28-27-24-29(14-16-7-3-2-4-8-16)23(32)18-9-5-6-10-20(18)30(24)25/h2-13H,14-15H2,1H3. The maximum Gasteiger partial charge on any atom is 0.263 e. The monoisotopic (exact) mass is 474 g/mol. The summed E-state index contributed by atoms with van der Waals surface area (Å²) < 4.78 is 22.3. The number of carbonyl (C=O) groups excluding carboxylic acids is 1. The van der Waals surface area contributed by atoms with Crippen molar-refractivity contribution < 1.29 is 13.9 Å². The molecule has 0 aliphatic carbocycles. The lowest BCUT2D eigenvalue weighted by Gasteiger charge is -2.11. The van der Waals surface area contributed by atoms with Gasteiger partial charge in [-0.1, -0.05) is 54.2 Å². The molecule has 0 fully saturated rings. The fraction of sp³-hybridized carbons (Fsp3) is 0.120. The number of carbonyl (C=O) groups is 1. The number of ketones is 1. The summed E-state index contributed by atoms with van der Waals surface area (Å²) in [7, 11) is 1.43. The van der Waals surface area contributed by atoms with Crippen molar-refractivity contribution in [3.63, 3.8) is 0 Å². The highest BCUT2D eigenvalue weighted by Crippen LogP contribution is 2.25. The van der Waals surface area contributed by atoms with Crippen LogP contribution < -0.4 is 10.3 Å². The van der Waals surface area contributed by atoms with Crippen LogP contribution in [0.4, 0.5) is 4.39 Å². The Labute approximate surface area is 197 Å². The molecule has 2 aromatic heterocycles. The molecule has 0 amide bonds. The second kappa shape index (κ2) is 9.11. The topological polar surface area (TPSA) is 78.5 Å². The summed E-state index contributed by atoms with van der Waals surface area (Å²) in [5.41, 5.74) is 1.59. The van der Waals surface area contributed by atoms with Gasteiger partial charge in [-0.3, -0.25) is 18.6 Å². The predicted octanol–water partition coefficient (Wildman–Crippen LogP) is 4.22. The van der Waals surface area contributed by atoms with Gasteiger partial charge in [0.15, 0.2) is 10.9 Å². The third-order valence-electron chi connectivity index (χ3n) is 5.46. The van der Waals surface area contributed by atoms with Crippen molar-refractivity contribution in [2.45, 2.75) is 11.7 Å². The first kappa shape index (κ1) is 21.8. The van der Waals surface area contributed by atoms with Crippen LogP contribution >= 0.6 is 11.8 Å². The van der Waals surface area contributed by atoms with E-state index in [-0.39, 0.29) is 22.7 Å². The number of thioether (sulfide) groups is 1. The molecule has 5 aromatic rings. The van der Waals surface area contributed by atoms with Gasteiger partial charge < -0.3 is 4.74 Å². The van der Waals surface area contributed by atoms with E-state index in [1.54, 1.807) is 21.1 Å². The van der Waals surface area contributed by atoms with E-state index in [1.165, 1.54) is 31.0 Å². The lowest BCUT2D eigenvalue weighted by molar-refractivity contribution is 0.101. The molecule has 0 spiro atoms. The number of ether oxygens (including phenoxy) is 1. The fourth-order valence-electron chi connectivity index (χ4n) is 3.84. The van der Waals surface area contributed by atoms with Gasteiger partial charge in [-0.2, -0.15) is 0 Å². The molecule has 0 saturated carbocycles. The van der Waals surface area contributed by atoms with Gasteiger partial charge in [0.2, 0.25) is 5.78 Å². The molecule has 170 valence electrons. The molecule has 2 heterocycles. The number of aromatic nitrogens is 4. The Morgan fingerprint density at radius 2 is 1.79 bits per heavy atom. The summed E-state index contributed by atoms with van der Waals surface area (Å²) >= 11 is 1.17. The Hall–Kier alpha value is -3.98. The maximum atomic E-state index is 13.7. The zero-order valence-electron chi connectivity index (χ0n) is 18.1. The quantitative estimate of drug-likeness (QED) is 0.260. The van der Waals surface area contributed by atoms with Gasteiger partial charge in [-0.25, -0.2) is 4.39 Å². The maximum absolute atomic E-state index is 13.7. The second-order valence-corrected chi connectivity index (χ2v) is 8.51. The number of Topliss-reactive ketones (excluding diaryl/α,β-unsaturated/α-hetero) is 1. The smallest absolute Gasteiger partial charge is 0.263 e. The summed E-state index contributed by atoms with van der Waals surface area (Å²) in [6.45, 7) is 0.330. The number of benzene rings is 3. The van der Waals surface area contributed by atoms with Crippen LogP contribution in [0.2, 0.25) is 0 Å². The van der Waals surface area contributed by atoms with Crippen LogP contribution in [0.1, 0.15) is 15.9 Å². The van der Waals surface area contributed by atoms with E-state index in [1.807, 2.05) is 42.5 Å². The van der Waals surface area contributed by atoms with Gasteiger partial charge in [-0.05, 0) is 35.9 Å². The van der Waals surface area contributed by atoms with E-state index in [2.05, 4.69) is 10.2 Å². The summed E-state index contributed by atoms with van der Waals surface area (Å²) in [5, 5.41) is 9.53. The van der Waals surface area contributed by atoms with Gasteiger partial charge in [0, 0.05) is 0 Å². The van der Waals surface area contributed by atoms with Gasteiger partial charge in [0.1, 0.15) is 11.6 Å². The Bertz CT molecular complexity index is 1580. The number of hydrogen-bond donors (Lipinski definition) is 0. The first-order valence-electron chi connectivity index (χ1n) is 10.5. The fourth-order valence-corrected chi connectivity index (χ4v) is 4.66. The van der Waals surface area contributed by atoms with Crippen molar-refractivity contribution in [3.8, 4) is 5.75 Å². The number of nitrogens with zero attached hydrogens (tertiary/aromatic N) is 4. The minimum atomic E-state index is -0.516. The van der Waals surface area contributed by atoms with E-state index < -0.39 is 5.82 Å². The summed E-state index contributed by atoms with van der Waals surface area (Å²) in [4.78, 5) is 26.1. The molecule has 0 aliphatic rings. The molecule has 0 atom stereocenters. The highest BCUT2D eigenvalue weighted by Gasteiger charge is 2.19. The normalized spacial score (nSPS) is 11.2. The molecule has 5 rings (SSSR count). The molecular formula is C25H19FN4O3S. The third kappa shape index (κ3) is 3.94. The van der Waals surface area contributed by atoms with E-state index in [4.69, 9.17) is 4.74 Å². The molecular weight excluding hydrogens is 455 g/mol. The van der Waals surface area contributed by atoms with E-state index in [9.17, 15) is 14.0 Å². The first-order chi connectivity index (χ1) is 16.6. The summed E-state index contributed by atoms with van der Waals surface area (Å²) in [6, 6.07) is 20.7. The summed E-state index contributed by atoms with van der Waals surface area (Å²) in [5.74, 6) is -0.142. The molecule has 0 saturated heterocycles. The van der Waals surface area contributed by atoms with Crippen LogP contribution in [0.5, 0.6) is 5.75 Å². The predicted molar refractivity (Wildman–Crippen MR) is 128 cm³/mol. The second-order valence-electron chi connectivity index (χ2n) is 7.57. The number of methoxy groups -OCH3 is 1. The summed E-state index contributed by atoms with van der Waals surface area (Å²) in [6.07, 6.45) is 0. The number of halogens is 1. The molecule has 0 radical (unpaired) electrons. The number of para-hydroxylation sites is 1. The Morgan fingerprint density at radius 3 is 2.59 bits per heavy atom. The zero-order chi connectivity index (χ0) is 23.7. The first-order valence-corrected chi connectivity index (χ1v) is 11.5. The van der Waals surface area contributed by atoms with E-state index >= 15 is 0 Å². The molecule has 9 heteroatoms. The Balaban J connectivity index is 1.56. The lowest BCUT2D eigenvalue weighted by atomic mass is 10.1. The largest absolute Gasteiger partial charge is 0.496 e. The van der Waals surface area contributed by atoms with Gasteiger partial charge in [-0.15, -0.1) is 10.2 Å². The van der Waals surface area contributed by atoms with Crippen molar-refractivity contribution in [1.82, 2.24) is 19.2 Å². The average Bonchev–Trinajstić information content (AvgIpc) is 3.29. The lowest BCUT2D eigenvalue weighted by Crippen LogP contribution is -2.24. The van der Waals surface area contributed by atoms with Gasteiger partial charge >= 0.3 is 0 Å². The minimum Gasteiger partial charge on any atom is -0.496 e. The van der Waals surface area contributed by atoms with E-state index in [0.717, 1.165) is 11.6 Å². The van der Waals surface area contributed by atoms with Crippen molar-refractivity contribution in [3.05, 3.63) is 100 Å². The van der Waals surface area contributed by atoms with Gasteiger partial charge in [0.25, 0.3) is 5.56 Å². The van der Waals surface area contributed by atoms with Crippen molar-refractivity contribution in [1.29, 1.82) is 0 Å². The Kier molecular flexibility index (Phi) is 5.85. The molecule has 0 unspecified atom stereocenters. The molecule has 0 aliphatic heterocycles. The number of hydrogen-bond acceptors (Lipinski definition) is 6.